The third-order valence-electron chi connectivity index (χ3n) is 1.15. The van der Waals surface area contributed by atoms with Crippen LogP contribution in [0.5, 0.6) is 0 Å². The van der Waals surface area contributed by atoms with E-state index in [-0.39, 0.29) is 0 Å². The molecule has 43 heavy (non-hydrogen) atoms. The monoisotopic (exact) mass is 688 g/mol. The Morgan fingerprint density at radius 2 is 0.302 bits per heavy atom. The maximum atomic E-state index is 7.56. The lowest BCUT2D eigenvalue weighted by molar-refractivity contribution is -0.909. The fraction of sp³-hybridized carbons (Fsp3) is 1.00. The minimum Gasteiger partial charge on any atom is -0.219 e. The first kappa shape index (κ1) is 41.3. The van der Waals surface area contributed by atoms with E-state index < -0.39 is 0 Å². The Bertz CT molecular complexity index is 406. The van der Waals surface area contributed by atoms with Gasteiger partial charge >= 0.3 is 0 Å². The van der Waals surface area contributed by atoms with E-state index in [9.17, 15) is 0 Å². The average Bonchev–Trinajstić information content (AvgIpc) is 3.02. The molecule has 0 aromatic rings. The highest BCUT2D eigenvalue weighted by Crippen LogP contribution is 1.96. The molecule has 0 aliphatic heterocycles. The second kappa shape index (κ2) is 40.3. The van der Waals surface area contributed by atoms with Crippen LogP contribution >= 0.6 is 0 Å². The zero-order chi connectivity index (χ0) is 31.0. The zero-order valence-electron chi connectivity index (χ0n) is 18.2. The predicted molar refractivity (Wildman–Crippen MR) is 53.0 cm³/mol. The fourth-order valence-corrected chi connectivity index (χ4v) is 0.460. The molecular weight excluding hydrogens is 684 g/mol. The van der Waals surface area contributed by atoms with E-state index in [1.54, 1.807) is 0 Å². The van der Waals surface area contributed by atoms with Gasteiger partial charge in [-0.15, -0.1) is 0 Å². The summed E-state index contributed by atoms with van der Waals surface area (Å²) in [6.07, 6.45) is 0. The van der Waals surface area contributed by atoms with Gasteiger partial charge in [-0.05, 0) is 80.6 Å². The summed E-state index contributed by atoms with van der Waals surface area (Å²) >= 11 is 0. The summed E-state index contributed by atoms with van der Waals surface area (Å²) in [5, 5.41) is 147. The third-order valence-corrected chi connectivity index (χ3v) is 1.15. The molecule has 0 unspecified atom stereocenters. The van der Waals surface area contributed by atoms with Gasteiger partial charge in [0.05, 0.1) is 7.11 Å². The molecule has 42 heteroatoms. The lowest BCUT2D eigenvalue weighted by atomic mass is 11.8. The zero-order valence-corrected chi connectivity index (χ0v) is 18.2. The van der Waals surface area contributed by atoms with Gasteiger partial charge in [-0.3, -0.25) is 0 Å². The molecule has 0 heterocycles. The van der Waals surface area contributed by atoms with E-state index >= 15 is 0 Å². The third kappa shape index (κ3) is 40.3. The molecule has 0 atom stereocenters. The Kier molecular flexibility index (Phi) is 38.7. The maximum Gasteiger partial charge on any atom is 0.0745 e. The van der Waals surface area contributed by atoms with E-state index in [4.69, 9.17) is 5.26 Å². The van der Waals surface area contributed by atoms with Gasteiger partial charge in [-0.2, -0.15) is 0 Å². The van der Waals surface area contributed by atoms with Gasteiger partial charge in [0, 0.05) is 121 Å². The van der Waals surface area contributed by atoms with Crippen LogP contribution in [0.1, 0.15) is 0 Å². The SMILES string of the molecule is COOOOOOOOOOOOOOOOOOOOOOOOOOOOOOOOOOOOOOOOOO. The fourth-order valence-electron chi connectivity index (χ4n) is 0.460. The van der Waals surface area contributed by atoms with Gasteiger partial charge in [0.1, 0.15) is 0 Å². The van der Waals surface area contributed by atoms with Gasteiger partial charge in [0.15, 0.2) is 0 Å². The molecular formula is CH4O42. The average molecular weight is 688 g/mol. The predicted octanol–water partition coefficient (Wildman–Crippen LogP) is -2.63. The largest absolute Gasteiger partial charge is 0.219 e. The second-order valence-electron chi connectivity index (χ2n) is 2.89. The molecule has 0 bridgehead atoms. The summed E-state index contributed by atoms with van der Waals surface area (Å²) in [6, 6.07) is 0. The van der Waals surface area contributed by atoms with Crippen molar-refractivity contribution in [3.8, 4) is 0 Å². The molecule has 0 radical (unpaired) electrons. The smallest absolute Gasteiger partial charge is 0.0745 e. The van der Waals surface area contributed by atoms with Crippen LogP contribution in [-0.2, 0) is 206 Å². The Balaban J connectivity index is 3.02. The molecule has 0 aromatic carbocycles. The van der Waals surface area contributed by atoms with Crippen molar-refractivity contribution in [1.29, 1.82) is 0 Å². The summed E-state index contributed by atoms with van der Waals surface area (Å²) < 4.78 is 0. The second-order valence-corrected chi connectivity index (χ2v) is 2.89. The van der Waals surface area contributed by atoms with E-state index in [1.807, 2.05) is 0 Å². The van der Waals surface area contributed by atoms with Crippen LogP contribution in [0.3, 0.4) is 0 Å². The van der Waals surface area contributed by atoms with Crippen LogP contribution in [0.25, 0.3) is 0 Å². The van der Waals surface area contributed by atoms with Gasteiger partial charge in [-0.25, -0.2) is 10.1 Å². The Hall–Kier alpha value is -1.68. The minimum atomic E-state index is 1.07. The Labute approximate surface area is 220 Å². The lowest BCUT2D eigenvalue weighted by Gasteiger charge is -1.99. The summed E-state index contributed by atoms with van der Waals surface area (Å²) in [5.74, 6) is 0. The van der Waals surface area contributed by atoms with Crippen molar-refractivity contribution in [1.82, 2.24) is 0 Å². The highest BCUT2D eigenvalue weighted by Gasteiger charge is 2.03. The van der Waals surface area contributed by atoms with Gasteiger partial charge < -0.3 is 0 Å². The molecule has 0 saturated carbocycles. The van der Waals surface area contributed by atoms with Crippen molar-refractivity contribution in [3.05, 3.63) is 0 Å². The summed E-state index contributed by atoms with van der Waals surface area (Å²) in [6.45, 7) is 0. The number of hydrogen-bond donors (Lipinski definition) is 1. The highest BCUT2D eigenvalue weighted by atomic mass is 18.0. The standard InChI is InChI=1S/CH4O42/c1-3-5-7-9-11-13-15-17-19-21-23-25-27-29-31-33-35-37-39-41-43-42-40-38-36-34-32-30-28-26-24-22-20-18-16-14-12-10-8-6-4-2/h2H,1H3. The van der Waals surface area contributed by atoms with Gasteiger partial charge in [0.25, 0.3) is 0 Å². The number of hydrogen-bond acceptors (Lipinski definition) is 42. The van der Waals surface area contributed by atoms with E-state index in [1.165, 1.54) is 0 Å². The van der Waals surface area contributed by atoms with E-state index in [2.05, 4.69) is 206 Å². The molecule has 0 aliphatic rings. The molecule has 0 aromatic heterocycles. The van der Waals surface area contributed by atoms with Crippen molar-refractivity contribution in [3.63, 3.8) is 0 Å². The van der Waals surface area contributed by atoms with Crippen molar-refractivity contribution < 1.29 is 212 Å². The molecule has 0 fully saturated rings. The first-order valence-electron chi connectivity index (χ1n) is 7.26. The molecule has 1 N–H and O–H groups in total. The normalized spacial score (nSPS) is 11.6. The van der Waals surface area contributed by atoms with Gasteiger partial charge in [0.2, 0.25) is 0 Å². The molecule has 0 amide bonds. The summed E-state index contributed by atoms with van der Waals surface area (Å²) in [4.78, 5) is 3.87. The van der Waals surface area contributed by atoms with Crippen LogP contribution in [0.2, 0.25) is 0 Å². The molecule has 260 valence electrons. The van der Waals surface area contributed by atoms with Crippen molar-refractivity contribution >= 4 is 0 Å². The highest BCUT2D eigenvalue weighted by molar-refractivity contribution is 3.35. The topological polar surface area (TPSA) is 399 Å². The summed E-state index contributed by atoms with van der Waals surface area (Å²) in [7, 11) is 1.07. The van der Waals surface area contributed by atoms with Crippen LogP contribution in [0, 0.1) is 0 Å². The Morgan fingerprint density at radius 3 is 0.419 bits per heavy atom. The van der Waals surface area contributed by atoms with Crippen LogP contribution < -0.4 is 0 Å². The number of rotatable bonds is 40. The van der Waals surface area contributed by atoms with Crippen molar-refractivity contribution in [2.24, 2.45) is 0 Å². The van der Waals surface area contributed by atoms with Crippen molar-refractivity contribution in [2.75, 3.05) is 7.11 Å². The minimum absolute atomic E-state index is 1.07. The molecule has 0 saturated heterocycles. The van der Waals surface area contributed by atoms with Crippen molar-refractivity contribution in [2.45, 2.75) is 0 Å². The summed E-state index contributed by atoms with van der Waals surface area (Å²) in [5.41, 5.74) is 0. The first-order valence-corrected chi connectivity index (χ1v) is 7.26. The van der Waals surface area contributed by atoms with E-state index in [0.717, 1.165) is 7.11 Å². The maximum absolute atomic E-state index is 7.56. The van der Waals surface area contributed by atoms with E-state index in [0.29, 0.717) is 0 Å². The quantitative estimate of drug-likeness (QED) is 0.0391. The van der Waals surface area contributed by atoms with Gasteiger partial charge in [-0.1, -0.05) is 0 Å². The molecule has 0 aliphatic carbocycles. The van der Waals surface area contributed by atoms with Crippen LogP contribution in [0.4, 0.5) is 0 Å². The molecule has 0 spiro atoms. The molecule has 0 rings (SSSR count). The van der Waals surface area contributed by atoms with Crippen LogP contribution in [-0.4, -0.2) is 12.4 Å². The Morgan fingerprint density at radius 1 is 0.186 bits per heavy atom. The lowest BCUT2D eigenvalue weighted by Crippen LogP contribution is -2.06. The molecule has 42 nitrogen and oxygen atoms in total. The van der Waals surface area contributed by atoms with Crippen LogP contribution in [0.15, 0.2) is 0 Å². The first-order chi connectivity index (χ1) is 21.4.